The van der Waals surface area contributed by atoms with Crippen molar-refractivity contribution in [2.45, 2.75) is 20.3 Å². The number of amides is 2. The first-order chi connectivity index (χ1) is 12.9. The van der Waals surface area contributed by atoms with E-state index in [1.807, 2.05) is 6.92 Å². The summed E-state index contributed by atoms with van der Waals surface area (Å²) in [6.07, 6.45) is 0.356. The molecule has 3 N–H and O–H groups in total. The molecule has 0 saturated heterocycles. The second kappa shape index (κ2) is 10.0. The van der Waals surface area contributed by atoms with Gasteiger partial charge in [0.25, 0.3) is 5.91 Å². The van der Waals surface area contributed by atoms with E-state index in [0.717, 1.165) is 4.47 Å². The third-order valence-electron chi connectivity index (χ3n) is 3.47. The van der Waals surface area contributed by atoms with E-state index in [9.17, 15) is 9.59 Å². The Morgan fingerprint density at radius 3 is 2.22 bits per heavy atom. The molecule has 0 heterocycles. The fourth-order valence-corrected chi connectivity index (χ4v) is 2.86. The van der Waals surface area contributed by atoms with Gasteiger partial charge in [0.15, 0.2) is 5.11 Å². The lowest BCUT2D eigenvalue weighted by molar-refractivity contribution is -0.119. The van der Waals surface area contributed by atoms with Gasteiger partial charge in [-0.1, -0.05) is 6.92 Å². The summed E-state index contributed by atoms with van der Waals surface area (Å²) in [5.74, 6) is 0.304. The molecule has 142 valence electrons. The van der Waals surface area contributed by atoms with E-state index < -0.39 is 0 Å². The number of nitrogens with one attached hydrogen (secondary N) is 3. The van der Waals surface area contributed by atoms with Crippen molar-refractivity contribution in [3.05, 3.63) is 52.5 Å². The van der Waals surface area contributed by atoms with Crippen LogP contribution in [0, 0.1) is 0 Å². The predicted octanol–water partition coefficient (Wildman–Crippen LogP) is 4.32. The van der Waals surface area contributed by atoms with Crippen molar-refractivity contribution in [2.75, 3.05) is 17.2 Å². The van der Waals surface area contributed by atoms with Crippen LogP contribution >= 0.6 is 28.1 Å². The molecular weight excluding hydrogens is 430 g/mol. The van der Waals surface area contributed by atoms with Crippen LogP contribution in [0.25, 0.3) is 0 Å². The van der Waals surface area contributed by atoms with Crippen LogP contribution in [0.1, 0.15) is 30.6 Å². The maximum atomic E-state index is 12.4. The Labute approximate surface area is 171 Å². The van der Waals surface area contributed by atoms with Crippen molar-refractivity contribution in [2.24, 2.45) is 0 Å². The first kappa shape index (κ1) is 20.9. The molecule has 0 aliphatic rings. The zero-order chi connectivity index (χ0) is 19.8. The molecule has 0 radical (unpaired) electrons. The minimum atomic E-state index is -0.231. The first-order valence-electron chi connectivity index (χ1n) is 8.37. The minimum Gasteiger partial charge on any atom is -0.493 e. The lowest BCUT2D eigenvalue weighted by atomic mass is 10.2. The predicted molar refractivity (Wildman–Crippen MR) is 114 cm³/mol. The molecule has 0 atom stereocenters. The van der Waals surface area contributed by atoms with Crippen molar-refractivity contribution in [1.29, 1.82) is 0 Å². The van der Waals surface area contributed by atoms with Gasteiger partial charge in [-0.15, -0.1) is 0 Å². The highest BCUT2D eigenvalue weighted by molar-refractivity contribution is 9.10. The SMILES string of the molecule is CCOc1ccc(C(=O)Nc2ccc(NC(=S)NC(=O)CC)cc2)cc1Br. The molecule has 0 spiro atoms. The average molecular weight is 450 g/mol. The van der Waals surface area contributed by atoms with Gasteiger partial charge in [-0.2, -0.15) is 0 Å². The minimum absolute atomic E-state index is 0.155. The number of rotatable bonds is 6. The fraction of sp³-hybridized carbons (Fsp3) is 0.211. The normalized spacial score (nSPS) is 10.0. The summed E-state index contributed by atoms with van der Waals surface area (Å²) in [5.41, 5.74) is 1.85. The number of carbonyl (C=O) groups is 2. The molecule has 8 heteroatoms. The molecule has 6 nitrogen and oxygen atoms in total. The molecule has 0 aliphatic heterocycles. The first-order valence-corrected chi connectivity index (χ1v) is 9.57. The maximum Gasteiger partial charge on any atom is 0.255 e. The van der Waals surface area contributed by atoms with Gasteiger partial charge in [-0.05, 0) is 77.5 Å². The Hall–Kier alpha value is -2.45. The van der Waals surface area contributed by atoms with Crippen molar-refractivity contribution in [1.82, 2.24) is 5.32 Å². The van der Waals surface area contributed by atoms with E-state index >= 15 is 0 Å². The molecular formula is C19H20BrN3O3S. The Morgan fingerprint density at radius 2 is 1.67 bits per heavy atom. The van der Waals surface area contributed by atoms with Gasteiger partial charge in [0.1, 0.15) is 5.75 Å². The van der Waals surface area contributed by atoms with Gasteiger partial charge in [0.2, 0.25) is 5.91 Å². The second-order valence-electron chi connectivity index (χ2n) is 5.47. The third-order valence-corrected chi connectivity index (χ3v) is 4.29. The highest BCUT2D eigenvalue weighted by Crippen LogP contribution is 2.26. The summed E-state index contributed by atoms with van der Waals surface area (Å²) in [6, 6.07) is 12.2. The molecule has 2 rings (SSSR count). The second-order valence-corrected chi connectivity index (χ2v) is 6.73. The van der Waals surface area contributed by atoms with Gasteiger partial charge in [0, 0.05) is 23.4 Å². The number of benzene rings is 2. The molecule has 2 aromatic rings. The van der Waals surface area contributed by atoms with Gasteiger partial charge in [-0.3, -0.25) is 9.59 Å². The lowest BCUT2D eigenvalue weighted by Gasteiger charge is -2.11. The summed E-state index contributed by atoms with van der Waals surface area (Å²) >= 11 is 8.46. The summed E-state index contributed by atoms with van der Waals surface area (Å²) < 4.78 is 6.16. The van der Waals surface area contributed by atoms with Crippen LogP contribution in [0.5, 0.6) is 5.75 Å². The smallest absolute Gasteiger partial charge is 0.255 e. The molecule has 0 unspecified atom stereocenters. The molecule has 27 heavy (non-hydrogen) atoms. The standard InChI is InChI=1S/C19H20BrN3O3S/c1-3-17(24)23-19(27)22-14-8-6-13(7-9-14)21-18(25)12-5-10-16(26-4-2)15(20)11-12/h5-11H,3-4H2,1-2H3,(H,21,25)(H2,22,23,24,27). The summed E-state index contributed by atoms with van der Waals surface area (Å²) in [6.45, 7) is 4.20. The van der Waals surface area contributed by atoms with E-state index in [0.29, 0.717) is 35.7 Å². The van der Waals surface area contributed by atoms with Crippen molar-refractivity contribution in [3.63, 3.8) is 0 Å². The van der Waals surface area contributed by atoms with Crippen LogP contribution in [0.3, 0.4) is 0 Å². The lowest BCUT2D eigenvalue weighted by Crippen LogP contribution is -2.33. The number of carbonyl (C=O) groups excluding carboxylic acids is 2. The van der Waals surface area contributed by atoms with Crippen molar-refractivity contribution >= 4 is 56.4 Å². The van der Waals surface area contributed by atoms with Crippen molar-refractivity contribution in [3.8, 4) is 5.75 Å². The zero-order valence-electron chi connectivity index (χ0n) is 15.0. The topological polar surface area (TPSA) is 79.5 Å². The Bertz CT molecular complexity index is 841. The van der Waals surface area contributed by atoms with E-state index in [-0.39, 0.29) is 16.9 Å². The third kappa shape index (κ3) is 6.33. The molecule has 0 aliphatic carbocycles. The van der Waals surface area contributed by atoms with Gasteiger partial charge < -0.3 is 20.7 Å². The molecule has 0 saturated carbocycles. The summed E-state index contributed by atoms with van der Waals surface area (Å²) in [4.78, 5) is 23.7. The van der Waals surface area contributed by atoms with E-state index in [1.54, 1.807) is 49.4 Å². The highest BCUT2D eigenvalue weighted by atomic mass is 79.9. The zero-order valence-corrected chi connectivity index (χ0v) is 17.4. The largest absolute Gasteiger partial charge is 0.493 e. The molecule has 2 amide bonds. The van der Waals surface area contributed by atoms with Crippen LogP contribution in [-0.2, 0) is 4.79 Å². The van der Waals surface area contributed by atoms with Gasteiger partial charge in [-0.25, -0.2) is 0 Å². The number of anilines is 2. The van der Waals surface area contributed by atoms with Crippen LogP contribution in [0.15, 0.2) is 46.9 Å². The van der Waals surface area contributed by atoms with Crippen LogP contribution < -0.4 is 20.7 Å². The molecule has 0 fully saturated rings. The van der Waals surface area contributed by atoms with Crippen LogP contribution in [0.2, 0.25) is 0 Å². The Kier molecular flexibility index (Phi) is 7.75. The Balaban J connectivity index is 1.97. The number of thiocarbonyl (C=S) groups is 1. The summed E-state index contributed by atoms with van der Waals surface area (Å²) in [5, 5.41) is 8.54. The molecule has 2 aromatic carbocycles. The number of hydrogen-bond donors (Lipinski definition) is 3. The number of halogens is 1. The summed E-state index contributed by atoms with van der Waals surface area (Å²) in [7, 11) is 0. The van der Waals surface area contributed by atoms with Crippen LogP contribution in [-0.4, -0.2) is 23.5 Å². The monoisotopic (exact) mass is 449 g/mol. The number of hydrogen-bond acceptors (Lipinski definition) is 4. The molecule has 0 bridgehead atoms. The molecule has 0 aromatic heterocycles. The van der Waals surface area contributed by atoms with E-state index in [1.165, 1.54) is 0 Å². The maximum absolute atomic E-state index is 12.4. The van der Waals surface area contributed by atoms with Gasteiger partial charge in [0.05, 0.1) is 11.1 Å². The van der Waals surface area contributed by atoms with E-state index in [4.69, 9.17) is 17.0 Å². The Morgan fingerprint density at radius 1 is 1.04 bits per heavy atom. The van der Waals surface area contributed by atoms with Crippen molar-refractivity contribution < 1.29 is 14.3 Å². The number of ether oxygens (including phenoxy) is 1. The van der Waals surface area contributed by atoms with Gasteiger partial charge >= 0.3 is 0 Å². The quantitative estimate of drug-likeness (QED) is 0.572. The fourth-order valence-electron chi connectivity index (χ4n) is 2.13. The van der Waals surface area contributed by atoms with E-state index in [2.05, 4.69) is 31.9 Å². The average Bonchev–Trinajstić information content (AvgIpc) is 2.64. The highest BCUT2D eigenvalue weighted by Gasteiger charge is 2.10. The van der Waals surface area contributed by atoms with Crippen LogP contribution in [0.4, 0.5) is 11.4 Å².